The lowest BCUT2D eigenvalue weighted by molar-refractivity contribution is -0.132. The highest BCUT2D eigenvalue weighted by molar-refractivity contribution is 5.85. The molecule has 0 spiro atoms. The van der Waals surface area contributed by atoms with Gasteiger partial charge in [-0.05, 0) is 56.7 Å². The Balaban J connectivity index is 1.43. The van der Waals surface area contributed by atoms with Crippen LogP contribution in [-0.2, 0) is 4.79 Å². The van der Waals surface area contributed by atoms with E-state index in [1.165, 1.54) is 12.8 Å². The molecule has 5 nitrogen and oxygen atoms in total. The molecule has 1 aliphatic carbocycles. The summed E-state index contributed by atoms with van der Waals surface area (Å²) in [5, 5.41) is 3.32. The maximum absolute atomic E-state index is 12.6. The van der Waals surface area contributed by atoms with E-state index in [1.54, 1.807) is 0 Å². The molecule has 2 heterocycles. The third-order valence-corrected chi connectivity index (χ3v) is 5.18. The van der Waals surface area contributed by atoms with Gasteiger partial charge >= 0.3 is 0 Å². The number of piperidine rings is 1. The molecular weight excluding hydrogens is 302 g/mol. The fourth-order valence-corrected chi connectivity index (χ4v) is 3.35. The van der Waals surface area contributed by atoms with Crippen molar-refractivity contribution in [2.24, 2.45) is 5.92 Å². The summed E-state index contributed by atoms with van der Waals surface area (Å²) in [6.07, 6.45) is 4.57. The van der Waals surface area contributed by atoms with Gasteiger partial charge in [0.2, 0.25) is 5.91 Å². The van der Waals surface area contributed by atoms with Crippen molar-refractivity contribution in [2.75, 3.05) is 18.4 Å². The van der Waals surface area contributed by atoms with Gasteiger partial charge in [-0.1, -0.05) is 6.92 Å². The highest BCUT2D eigenvalue weighted by Gasteiger charge is 2.29. The number of hydrogen-bond donors (Lipinski definition) is 1. The van der Waals surface area contributed by atoms with Gasteiger partial charge in [-0.25, -0.2) is 4.98 Å². The lowest BCUT2D eigenvalue weighted by atomic mass is 9.99. The van der Waals surface area contributed by atoms with Gasteiger partial charge in [0.15, 0.2) is 11.5 Å². The van der Waals surface area contributed by atoms with E-state index in [0.29, 0.717) is 5.92 Å². The van der Waals surface area contributed by atoms with Crippen LogP contribution in [0, 0.1) is 5.92 Å². The van der Waals surface area contributed by atoms with Crippen molar-refractivity contribution in [3.63, 3.8) is 0 Å². The number of likely N-dealkylation sites (tertiary alicyclic amines) is 1. The number of oxazole rings is 1. The number of nitrogens with zero attached hydrogens (tertiary/aromatic N) is 2. The van der Waals surface area contributed by atoms with E-state index in [1.807, 2.05) is 30.0 Å². The van der Waals surface area contributed by atoms with Crippen LogP contribution in [0.3, 0.4) is 0 Å². The van der Waals surface area contributed by atoms with Crippen LogP contribution in [0.15, 0.2) is 22.6 Å². The normalized spacial score (nSPS) is 20.3. The van der Waals surface area contributed by atoms with Crippen molar-refractivity contribution in [1.82, 2.24) is 9.88 Å². The predicted octanol–water partition coefficient (Wildman–Crippen LogP) is 3.76. The Hall–Kier alpha value is -2.04. The van der Waals surface area contributed by atoms with E-state index >= 15 is 0 Å². The number of aromatic nitrogens is 1. The van der Waals surface area contributed by atoms with Gasteiger partial charge in [0.05, 0.1) is 0 Å². The molecule has 0 unspecified atom stereocenters. The number of rotatable bonds is 4. The lowest BCUT2D eigenvalue weighted by Crippen LogP contribution is -2.45. The second kappa shape index (κ2) is 6.11. The average Bonchev–Trinajstić information content (AvgIpc) is 3.34. The summed E-state index contributed by atoms with van der Waals surface area (Å²) in [6.45, 7) is 5.94. The summed E-state index contributed by atoms with van der Waals surface area (Å²) in [7, 11) is 0. The minimum atomic E-state index is -0.231. The summed E-state index contributed by atoms with van der Waals surface area (Å²) in [5.74, 6) is 2.28. The van der Waals surface area contributed by atoms with Crippen LogP contribution in [-0.4, -0.2) is 34.9 Å². The van der Waals surface area contributed by atoms with Crippen molar-refractivity contribution in [2.45, 2.75) is 51.5 Å². The first kappa shape index (κ1) is 15.5. The van der Waals surface area contributed by atoms with Gasteiger partial charge in [-0.15, -0.1) is 0 Å². The van der Waals surface area contributed by atoms with Crippen molar-refractivity contribution in [1.29, 1.82) is 0 Å². The van der Waals surface area contributed by atoms with E-state index in [2.05, 4.69) is 17.2 Å². The average molecular weight is 327 g/mol. The zero-order valence-electron chi connectivity index (χ0n) is 14.4. The molecule has 2 aromatic rings. The van der Waals surface area contributed by atoms with Crippen LogP contribution in [0.1, 0.15) is 51.3 Å². The molecule has 128 valence electrons. The third-order valence-electron chi connectivity index (χ3n) is 5.18. The number of benzene rings is 1. The molecule has 0 radical (unpaired) electrons. The first-order valence-electron chi connectivity index (χ1n) is 9.06. The Kier molecular flexibility index (Phi) is 3.94. The zero-order chi connectivity index (χ0) is 16.7. The molecule has 2 fully saturated rings. The molecule has 5 heteroatoms. The van der Waals surface area contributed by atoms with E-state index in [9.17, 15) is 4.79 Å². The maximum atomic E-state index is 12.6. The predicted molar refractivity (Wildman–Crippen MR) is 94.0 cm³/mol. The summed E-state index contributed by atoms with van der Waals surface area (Å²) in [4.78, 5) is 19.2. The number of carbonyl (C=O) groups excluding carboxylic acids is 1. The Labute approximate surface area is 142 Å². The molecule has 1 N–H and O–H groups in total. The molecule has 1 amide bonds. The van der Waals surface area contributed by atoms with Crippen LogP contribution in [0.4, 0.5) is 5.69 Å². The fraction of sp³-hybridized carbons (Fsp3) is 0.579. The van der Waals surface area contributed by atoms with Crippen LogP contribution in [0.2, 0.25) is 0 Å². The minimum absolute atomic E-state index is 0.181. The highest BCUT2D eigenvalue weighted by Crippen LogP contribution is 2.40. The van der Waals surface area contributed by atoms with Crippen LogP contribution < -0.4 is 5.32 Å². The number of amides is 1. The first-order valence-corrected chi connectivity index (χ1v) is 9.06. The fourth-order valence-electron chi connectivity index (χ4n) is 3.35. The second-order valence-corrected chi connectivity index (χ2v) is 7.38. The SMILES string of the molecule is CC1CCN(C(=O)[C@@H](C)Nc2ccc3oc(C4CC4)nc3c2)CC1. The van der Waals surface area contributed by atoms with E-state index in [4.69, 9.17) is 4.42 Å². The molecule has 0 bridgehead atoms. The van der Waals surface area contributed by atoms with Crippen molar-refractivity contribution in [3.8, 4) is 0 Å². The Morgan fingerprint density at radius 1 is 1.29 bits per heavy atom. The molecule has 24 heavy (non-hydrogen) atoms. The number of carbonyl (C=O) groups is 1. The van der Waals surface area contributed by atoms with Gasteiger partial charge < -0.3 is 14.6 Å². The van der Waals surface area contributed by atoms with Gasteiger partial charge in [-0.3, -0.25) is 4.79 Å². The molecule has 1 saturated carbocycles. The second-order valence-electron chi connectivity index (χ2n) is 7.38. The van der Waals surface area contributed by atoms with Crippen LogP contribution >= 0.6 is 0 Å². The van der Waals surface area contributed by atoms with Crippen molar-refractivity contribution >= 4 is 22.7 Å². The largest absolute Gasteiger partial charge is 0.440 e. The smallest absolute Gasteiger partial charge is 0.244 e. The van der Waals surface area contributed by atoms with E-state index in [0.717, 1.165) is 54.5 Å². The minimum Gasteiger partial charge on any atom is -0.440 e. The van der Waals surface area contributed by atoms with Crippen LogP contribution in [0.5, 0.6) is 0 Å². The highest BCUT2D eigenvalue weighted by atomic mass is 16.3. The number of nitrogens with one attached hydrogen (secondary N) is 1. The molecule has 4 rings (SSSR count). The standard InChI is InChI=1S/C19H25N3O2/c1-12-7-9-22(10-8-12)19(23)13(2)20-15-5-6-17-16(11-15)21-18(24-17)14-3-4-14/h5-6,11-14,20H,3-4,7-10H2,1-2H3/t13-/m1/s1. The number of hydrogen-bond acceptors (Lipinski definition) is 4. The van der Waals surface area contributed by atoms with Gasteiger partial charge in [0.25, 0.3) is 0 Å². The van der Waals surface area contributed by atoms with Gasteiger partial charge in [0.1, 0.15) is 11.6 Å². The van der Waals surface area contributed by atoms with Crippen LogP contribution in [0.25, 0.3) is 11.1 Å². The number of fused-ring (bicyclic) bond motifs is 1. The summed E-state index contributed by atoms with van der Waals surface area (Å²) >= 11 is 0. The molecule has 1 aliphatic heterocycles. The van der Waals surface area contributed by atoms with Crippen molar-refractivity contribution in [3.05, 3.63) is 24.1 Å². The summed E-state index contributed by atoms with van der Waals surface area (Å²) in [6, 6.07) is 5.65. The maximum Gasteiger partial charge on any atom is 0.244 e. The Morgan fingerprint density at radius 2 is 2.04 bits per heavy atom. The molecule has 1 aromatic carbocycles. The third kappa shape index (κ3) is 3.12. The summed E-state index contributed by atoms with van der Waals surface area (Å²) < 4.78 is 5.79. The first-order chi connectivity index (χ1) is 11.6. The van der Waals surface area contributed by atoms with E-state index < -0.39 is 0 Å². The molecule has 1 aromatic heterocycles. The molecule has 2 aliphatic rings. The number of anilines is 1. The lowest BCUT2D eigenvalue weighted by Gasteiger charge is -2.32. The quantitative estimate of drug-likeness (QED) is 0.929. The Morgan fingerprint density at radius 3 is 2.75 bits per heavy atom. The van der Waals surface area contributed by atoms with Crippen molar-refractivity contribution < 1.29 is 9.21 Å². The topological polar surface area (TPSA) is 58.4 Å². The van der Waals surface area contributed by atoms with Gasteiger partial charge in [0, 0.05) is 24.7 Å². The Bertz CT molecular complexity index is 742. The molecule has 1 saturated heterocycles. The van der Waals surface area contributed by atoms with E-state index in [-0.39, 0.29) is 11.9 Å². The molecular formula is C19H25N3O2. The molecule has 1 atom stereocenters. The summed E-state index contributed by atoms with van der Waals surface area (Å²) in [5.41, 5.74) is 2.61. The monoisotopic (exact) mass is 327 g/mol. The van der Waals surface area contributed by atoms with Gasteiger partial charge in [-0.2, -0.15) is 0 Å². The zero-order valence-corrected chi connectivity index (χ0v) is 14.4.